The van der Waals surface area contributed by atoms with E-state index in [0.29, 0.717) is 5.56 Å². The van der Waals surface area contributed by atoms with Crippen molar-refractivity contribution in [3.63, 3.8) is 0 Å². The van der Waals surface area contributed by atoms with E-state index in [2.05, 4.69) is 4.98 Å². The third kappa shape index (κ3) is 1.77. The first-order valence-corrected chi connectivity index (χ1v) is 4.84. The molecule has 2 aromatic rings. The molecular weight excluding hydrogens is 204 g/mol. The van der Waals surface area contributed by atoms with Crippen LogP contribution in [0.1, 0.15) is 5.56 Å². The van der Waals surface area contributed by atoms with Gasteiger partial charge < -0.3 is 0 Å². The molecule has 16 heavy (non-hydrogen) atoms. The Morgan fingerprint density at radius 3 is 2.62 bits per heavy atom. The zero-order valence-electron chi connectivity index (χ0n) is 8.75. The van der Waals surface area contributed by atoms with Gasteiger partial charge in [0.05, 0.1) is 10.5 Å². The molecule has 2 rings (SSSR count). The predicted molar refractivity (Wildman–Crippen MR) is 61.1 cm³/mol. The van der Waals surface area contributed by atoms with E-state index < -0.39 is 4.92 Å². The van der Waals surface area contributed by atoms with E-state index >= 15 is 0 Å². The molecule has 0 aliphatic heterocycles. The molecule has 0 saturated heterocycles. The van der Waals surface area contributed by atoms with Gasteiger partial charge in [-0.2, -0.15) is 0 Å². The number of benzene rings is 1. The molecular formula is C12H10N2O2. The summed E-state index contributed by atoms with van der Waals surface area (Å²) < 4.78 is 0. The molecule has 0 atom stereocenters. The van der Waals surface area contributed by atoms with Gasteiger partial charge in [0.15, 0.2) is 0 Å². The maximum absolute atomic E-state index is 10.9. The highest BCUT2D eigenvalue weighted by Gasteiger charge is 2.15. The fourth-order valence-electron chi connectivity index (χ4n) is 1.63. The first kappa shape index (κ1) is 10.3. The highest BCUT2D eigenvalue weighted by atomic mass is 16.6. The van der Waals surface area contributed by atoms with Crippen LogP contribution in [-0.2, 0) is 0 Å². The largest absolute Gasteiger partial charge is 0.295 e. The van der Waals surface area contributed by atoms with Gasteiger partial charge in [-0.3, -0.25) is 15.1 Å². The van der Waals surface area contributed by atoms with Crippen LogP contribution in [0.2, 0.25) is 0 Å². The van der Waals surface area contributed by atoms with Crippen LogP contribution in [0, 0.1) is 17.0 Å². The van der Waals surface area contributed by atoms with Crippen LogP contribution >= 0.6 is 0 Å². The molecule has 1 heterocycles. The lowest BCUT2D eigenvalue weighted by atomic mass is 10.0. The third-order valence-electron chi connectivity index (χ3n) is 2.43. The van der Waals surface area contributed by atoms with Crippen molar-refractivity contribution >= 4 is 5.69 Å². The number of aryl methyl sites for hydroxylation is 1. The number of pyridine rings is 1. The minimum absolute atomic E-state index is 0.0387. The molecule has 0 saturated carbocycles. The summed E-state index contributed by atoms with van der Waals surface area (Å²) in [5.74, 6) is 0. The van der Waals surface area contributed by atoms with E-state index in [9.17, 15) is 10.1 Å². The van der Waals surface area contributed by atoms with Gasteiger partial charge in [0.1, 0.15) is 6.20 Å². The summed E-state index contributed by atoms with van der Waals surface area (Å²) in [4.78, 5) is 14.2. The molecule has 0 fully saturated rings. The van der Waals surface area contributed by atoms with Gasteiger partial charge >= 0.3 is 0 Å². The number of hydrogen-bond donors (Lipinski definition) is 0. The number of rotatable bonds is 2. The molecule has 1 aromatic heterocycles. The second kappa shape index (κ2) is 4.10. The Hall–Kier alpha value is -2.23. The molecule has 0 unspecified atom stereocenters. The van der Waals surface area contributed by atoms with Gasteiger partial charge in [-0.25, -0.2) is 0 Å². The van der Waals surface area contributed by atoms with Gasteiger partial charge in [0.2, 0.25) is 0 Å². The fraction of sp³-hybridized carbons (Fsp3) is 0.0833. The fourth-order valence-corrected chi connectivity index (χ4v) is 1.63. The Morgan fingerprint density at radius 1 is 1.19 bits per heavy atom. The first-order valence-electron chi connectivity index (χ1n) is 4.84. The summed E-state index contributed by atoms with van der Waals surface area (Å²) >= 11 is 0. The Kier molecular flexibility index (Phi) is 2.64. The summed E-state index contributed by atoms with van der Waals surface area (Å²) in [6.07, 6.45) is 2.84. The van der Waals surface area contributed by atoms with Crippen LogP contribution in [0.4, 0.5) is 5.69 Å². The smallest absolute Gasteiger partial charge is 0.258 e. The summed E-state index contributed by atoms with van der Waals surface area (Å²) in [6.45, 7) is 1.93. The van der Waals surface area contributed by atoms with Crippen molar-refractivity contribution in [1.82, 2.24) is 4.98 Å². The summed E-state index contributed by atoms with van der Waals surface area (Å²) in [6, 6.07) is 9.25. The lowest BCUT2D eigenvalue weighted by Gasteiger charge is -2.05. The molecule has 4 heteroatoms. The normalized spacial score (nSPS) is 10.1. The standard InChI is InChI=1S/C12H10N2O2/c1-9-4-2-3-5-10(9)11-6-7-13-8-12(11)14(15)16/h2-8H,1H3. The molecule has 80 valence electrons. The molecule has 0 amide bonds. The van der Waals surface area contributed by atoms with Crippen molar-refractivity contribution in [3.05, 3.63) is 58.4 Å². The average molecular weight is 214 g/mol. The number of hydrogen-bond acceptors (Lipinski definition) is 3. The van der Waals surface area contributed by atoms with Crippen molar-refractivity contribution in [1.29, 1.82) is 0 Å². The van der Waals surface area contributed by atoms with Gasteiger partial charge in [0.25, 0.3) is 5.69 Å². The predicted octanol–water partition coefficient (Wildman–Crippen LogP) is 2.97. The van der Waals surface area contributed by atoms with Gasteiger partial charge in [-0.05, 0) is 24.1 Å². The van der Waals surface area contributed by atoms with Crippen molar-refractivity contribution < 1.29 is 4.92 Å². The molecule has 0 N–H and O–H groups in total. The molecule has 0 spiro atoms. The molecule has 1 aromatic carbocycles. The molecule has 4 nitrogen and oxygen atoms in total. The van der Waals surface area contributed by atoms with E-state index in [0.717, 1.165) is 11.1 Å². The van der Waals surface area contributed by atoms with Crippen LogP contribution in [0.15, 0.2) is 42.7 Å². The summed E-state index contributed by atoms with van der Waals surface area (Å²) in [5, 5.41) is 10.9. The van der Waals surface area contributed by atoms with Gasteiger partial charge in [0, 0.05) is 6.20 Å². The molecule has 0 aliphatic carbocycles. The Balaban J connectivity index is 2.65. The minimum atomic E-state index is -0.408. The summed E-state index contributed by atoms with van der Waals surface area (Å²) in [7, 11) is 0. The second-order valence-electron chi connectivity index (χ2n) is 3.46. The molecule has 0 aliphatic rings. The van der Waals surface area contributed by atoms with Crippen LogP contribution in [0.5, 0.6) is 0 Å². The number of nitro groups is 1. The lowest BCUT2D eigenvalue weighted by Crippen LogP contribution is -1.93. The topological polar surface area (TPSA) is 56.0 Å². The van der Waals surface area contributed by atoms with Gasteiger partial charge in [-0.1, -0.05) is 24.3 Å². The highest BCUT2D eigenvalue weighted by Crippen LogP contribution is 2.30. The van der Waals surface area contributed by atoms with Crippen molar-refractivity contribution in [2.24, 2.45) is 0 Å². The maximum Gasteiger partial charge on any atom is 0.295 e. The minimum Gasteiger partial charge on any atom is -0.258 e. The quantitative estimate of drug-likeness (QED) is 0.570. The Labute approximate surface area is 92.7 Å². The van der Waals surface area contributed by atoms with E-state index in [1.54, 1.807) is 12.3 Å². The Bertz CT molecular complexity index is 538. The van der Waals surface area contributed by atoms with Crippen molar-refractivity contribution in [3.8, 4) is 11.1 Å². The number of nitrogens with zero attached hydrogens (tertiary/aromatic N) is 2. The SMILES string of the molecule is Cc1ccccc1-c1ccncc1[N+](=O)[O-]. The van der Waals surface area contributed by atoms with Gasteiger partial charge in [-0.15, -0.1) is 0 Å². The monoisotopic (exact) mass is 214 g/mol. The van der Waals surface area contributed by atoms with Crippen LogP contribution < -0.4 is 0 Å². The summed E-state index contributed by atoms with van der Waals surface area (Å²) in [5.41, 5.74) is 2.53. The van der Waals surface area contributed by atoms with Crippen LogP contribution in [0.3, 0.4) is 0 Å². The lowest BCUT2D eigenvalue weighted by molar-refractivity contribution is -0.384. The Morgan fingerprint density at radius 2 is 1.94 bits per heavy atom. The third-order valence-corrected chi connectivity index (χ3v) is 2.43. The molecule has 0 bridgehead atoms. The first-order chi connectivity index (χ1) is 7.70. The molecule has 0 radical (unpaired) electrons. The van der Waals surface area contributed by atoms with Crippen molar-refractivity contribution in [2.75, 3.05) is 0 Å². The van der Waals surface area contributed by atoms with Crippen LogP contribution in [-0.4, -0.2) is 9.91 Å². The zero-order valence-corrected chi connectivity index (χ0v) is 8.75. The zero-order chi connectivity index (χ0) is 11.5. The van der Waals surface area contributed by atoms with Crippen LogP contribution in [0.25, 0.3) is 11.1 Å². The van der Waals surface area contributed by atoms with E-state index in [-0.39, 0.29) is 5.69 Å². The number of aromatic nitrogens is 1. The maximum atomic E-state index is 10.9. The average Bonchev–Trinajstić information content (AvgIpc) is 2.29. The second-order valence-corrected chi connectivity index (χ2v) is 3.46. The van der Waals surface area contributed by atoms with E-state index in [4.69, 9.17) is 0 Å². The highest BCUT2D eigenvalue weighted by molar-refractivity contribution is 5.75. The van der Waals surface area contributed by atoms with E-state index in [1.807, 2.05) is 31.2 Å². The van der Waals surface area contributed by atoms with E-state index in [1.165, 1.54) is 6.20 Å². The van der Waals surface area contributed by atoms with Crippen molar-refractivity contribution in [2.45, 2.75) is 6.92 Å².